The number of alkyl halides is 18. The first kappa shape index (κ1) is 114. The number of esters is 2. The molecule has 0 unspecified atom stereocenters. The molecule has 2 amide bonds. The number of methoxy groups -OCH3 is 2. The van der Waals surface area contributed by atoms with Gasteiger partial charge in [0, 0.05) is 61.0 Å². The largest absolute Gasteiger partial charge is 1.00 e. The number of aromatic hydroxyl groups is 1. The number of hydrogen-bond donors (Lipinski definition) is 4. The molecule has 6 aromatic carbocycles. The number of carbonyl (C=O) groups excluding carboxylic acids is 4. The van der Waals surface area contributed by atoms with Crippen LogP contribution in [0.2, 0.25) is 0 Å². The average molecular weight is 2070 g/mol. The Bertz CT molecular complexity index is 5570. The Kier molecular flexibility index (Phi) is 35.4. The smallest absolute Gasteiger partial charge is 0.870 e. The molecule has 45 heteroatoms. The van der Waals surface area contributed by atoms with Crippen LogP contribution in [0.15, 0.2) is 91.0 Å². The van der Waals surface area contributed by atoms with E-state index >= 15 is 0 Å². The Morgan fingerprint density at radius 3 is 1.01 bits per heavy atom. The summed E-state index contributed by atoms with van der Waals surface area (Å²) in [6.07, 6.45) is -19.7. The summed E-state index contributed by atoms with van der Waals surface area (Å²) in [5, 5.41) is 28.2. The zero-order valence-corrected chi connectivity index (χ0v) is 79.9. The van der Waals surface area contributed by atoms with Crippen molar-refractivity contribution in [2.45, 2.75) is 234 Å². The van der Waals surface area contributed by atoms with Crippen LogP contribution in [0.5, 0.6) is 17.2 Å². The number of nitrogens with two attached hydrogens (primary N) is 1. The van der Waals surface area contributed by atoms with Gasteiger partial charge in [-0.05, 0) is 259 Å². The second-order valence-corrected chi connectivity index (χ2v) is 38.2. The first-order chi connectivity index (χ1) is 65.6. The number of aromatic carboxylic acids is 1. The number of nitrogens with zero attached hydrogens (tertiary/aromatic N) is 5. The fourth-order valence-electron chi connectivity index (χ4n) is 21.4. The Morgan fingerprint density at radius 2 is 0.734 bits per heavy atom. The number of fused-ring (bicyclic) bond motifs is 2. The number of amides is 2. The Labute approximate surface area is 831 Å². The van der Waals surface area contributed by atoms with Gasteiger partial charge in [-0.2, -0.15) is 79.0 Å². The van der Waals surface area contributed by atoms with Crippen LogP contribution in [0.4, 0.5) is 92.2 Å². The van der Waals surface area contributed by atoms with Crippen molar-refractivity contribution in [1.82, 2.24) is 24.5 Å². The minimum absolute atomic E-state index is 0. The third-order valence-corrected chi connectivity index (χ3v) is 29.3. The van der Waals surface area contributed by atoms with Crippen molar-refractivity contribution >= 4 is 35.7 Å². The average Bonchev–Trinajstić information content (AvgIpc) is 1.60. The van der Waals surface area contributed by atoms with Crippen molar-refractivity contribution in [3.05, 3.63) is 192 Å². The van der Waals surface area contributed by atoms with Crippen molar-refractivity contribution in [1.29, 1.82) is 0 Å². The Balaban J connectivity index is 0.000000191. The van der Waals surface area contributed by atoms with E-state index in [9.17, 15) is 131 Å². The minimum Gasteiger partial charge on any atom is -0.870 e. The summed E-state index contributed by atoms with van der Waals surface area (Å²) < 4.78 is 318. The maximum absolute atomic E-state index is 14.2. The molecule has 0 spiro atoms. The molecule has 782 valence electrons. The van der Waals surface area contributed by atoms with E-state index in [0.717, 1.165) is 97.4 Å². The Morgan fingerprint density at radius 1 is 0.427 bits per heavy atom. The number of hydrogen-bond acceptors (Lipinski definition) is 19. The molecule has 3 saturated carbocycles. The molecule has 3 aliphatic carbocycles. The van der Waals surface area contributed by atoms with Gasteiger partial charge in [0.05, 0.1) is 97.2 Å². The third-order valence-electron chi connectivity index (χ3n) is 29.3. The molecule has 6 N–H and O–H groups in total. The van der Waals surface area contributed by atoms with Gasteiger partial charge in [-0.25, -0.2) is 32.3 Å². The van der Waals surface area contributed by atoms with E-state index in [4.69, 9.17) is 44.0 Å². The van der Waals surface area contributed by atoms with Gasteiger partial charge in [0.15, 0.2) is 19.1 Å². The number of phenols is 1. The second-order valence-electron chi connectivity index (χ2n) is 38.2. The summed E-state index contributed by atoms with van der Waals surface area (Å²) in [4.78, 5) is 84.3. The van der Waals surface area contributed by atoms with Crippen molar-refractivity contribution in [2.24, 2.45) is 41.2 Å². The van der Waals surface area contributed by atoms with Crippen LogP contribution in [0.1, 0.15) is 240 Å². The molecule has 6 saturated heterocycles. The monoisotopic (exact) mass is 2060 g/mol. The molecular formula is C98H110F21N6NaO17. The van der Waals surface area contributed by atoms with Gasteiger partial charge in [0.1, 0.15) is 45.9 Å². The number of carbonyl (C=O) groups is 6. The third kappa shape index (κ3) is 24.9. The van der Waals surface area contributed by atoms with Crippen molar-refractivity contribution < 1.29 is 204 Å². The molecule has 6 aromatic rings. The summed E-state index contributed by atoms with van der Waals surface area (Å²) in [6.45, 7) is 9.09. The molecule has 0 radical (unpaired) electrons. The standard InChI is InChI=1S/C33H35F7N2O5.C32H33F7N2O5.C23H30FNO5.C9H7F6NO.CH4.Na.H2O/c1-18-14-41(10-8-24(18)19-3-6-27(34)25(12-19)29(43)45-2)23-7-9-31(47-16-23,21-4-5-21)30(44)42-15-20-11-22(32(35,36)37)13-26(33(38,39)40)28(20)46-17-42;1-17-13-40(9-7-23(17)18-2-5-26(33)24(11-18)28(42)43)22-6-8-30(46-15-22,20-3-4-20)29(44)41-14-19-10-21(31(34,35)36)12-25(32(37,38)39)27(19)45-16-41;1-14-12-25(17-7-9-23(22(27)28,30-13-17)16-4-5-16)10-8-18(14)15-3-6-20(24)19(11-15)21(26)29-2;10-8(11,12)5-1-4(3-16)7(17)6(2-5)9(13,14)15;;;/h3,6,11-13,18,21,23-24H,4-5,7-10,14-17H2,1-2H3;2,5,10-12,17,20,22-23H,3-4,6-9,13-16H2,1H3,(H,42,43);3,6,11,14,16-18H,4-5,7-10,12-13H2,1-2H3,(H,27,28);1-2,17H,3,16H2;1H4;;1H2/q;;;;;+1;/p-1/t18-,23+,24-,31-;17-,22+,23-,30-;14-,17+,18-,23-;;;;/m000..../s1. The summed E-state index contributed by atoms with van der Waals surface area (Å²) in [6, 6.07) is 15.2. The van der Waals surface area contributed by atoms with Gasteiger partial charge in [-0.1, -0.05) is 46.4 Å². The van der Waals surface area contributed by atoms with Gasteiger partial charge in [0.2, 0.25) is 0 Å². The number of phenolic OH excluding ortho intramolecular Hbond substituents is 1. The topological polar surface area (TPSA) is 300 Å². The van der Waals surface area contributed by atoms with Crippen LogP contribution in [-0.2, 0) is 94.8 Å². The summed E-state index contributed by atoms with van der Waals surface area (Å²) >= 11 is 0. The van der Waals surface area contributed by atoms with Crippen molar-refractivity contribution in [2.75, 3.05) is 86.8 Å². The van der Waals surface area contributed by atoms with Gasteiger partial charge in [0.25, 0.3) is 11.8 Å². The summed E-state index contributed by atoms with van der Waals surface area (Å²) in [5.74, 6) is -8.26. The van der Waals surface area contributed by atoms with Crippen molar-refractivity contribution in [3.63, 3.8) is 0 Å². The quantitative estimate of drug-likeness (QED) is 0.0397. The number of aliphatic carboxylic acids is 1. The normalized spacial score (nSPS) is 26.2. The van der Waals surface area contributed by atoms with Gasteiger partial charge >= 0.3 is 90.5 Å². The van der Waals surface area contributed by atoms with Gasteiger partial charge in [-0.3, -0.25) is 24.3 Å². The molecule has 17 rings (SSSR count). The fraction of sp³-hybridized carbons (Fsp3) is 0.571. The molecule has 8 heterocycles. The van der Waals surface area contributed by atoms with Crippen LogP contribution in [0.3, 0.4) is 0 Å². The molecule has 0 aromatic heterocycles. The molecule has 8 aliphatic heterocycles. The Hall–Kier alpha value is -9.25. The summed E-state index contributed by atoms with van der Waals surface area (Å²) in [5.41, 5.74) is -6.92. The zero-order valence-electron chi connectivity index (χ0n) is 77.9. The number of ether oxygens (including phenoxy) is 7. The van der Waals surface area contributed by atoms with E-state index in [1.54, 1.807) is 30.3 Å². The second kappa shape index (κ2) is 44.4. The maximum atomic E-state index is 14.2. The van der Waals surface area contributed by atoms with Crippen LogP contribution >= 0.6 is 0 Å². The minimum atomic E-state index is -5.08. The number of likely N-dealkylation sites (tertiary alicyclic amines) is 3. The van der Waals surface area contributed by atoms with Crippen LogP contribution < -0.4 is 44.8 Å². The van der Waals surface area contributed by atoms with Crippen molar-refractivity contribution in [3.8, 4) is 17.2 Å². The van der Waals surface area contributed by atoms with Gasteiger partial charge < -0.3 is 69.5 Å². The predicted octanol–water partition coefficient (Wildman–Crippen LogP) is 17.3. The fourth-order valence-corrected chi connectivity index (χ4v) is 21.4. The van der Waals surface area contributed by atoms with E-state index in [0.29, 0.717) is 95.4 Å². The van der Waals surface area contributed by atoms with E-state index < -0.39 is 196 Å². The summed E-state index contributed by atoms with van der Waals surface area (Å²) in [7, 11) is 2.46. The number of halogens is 21. The van der Waals surface area contributed by atoms with E-state index in [1.807, 2.05) is 6.92 Å². The van der Waals surface area contributed by atoms with E-state index in [-0.39, 0.29) is 167 Å². The molecule has 11 aliphatic rings. The number of carboxylic acids is 2. The SMILES string of the molecule is C.COC(=O)c1cc([C@H]2CCN([C@@H]3CC[C@@](C(=O)N4COc5c(cc(C(F)(F)F)cc5C(F)(F)F)C4)(C4CC4)OC3)C[C@@H]2C)ccc1F.COC(=O)c1cc([C@H]2CCN([C@@H]3CC[C@@](C(=O)O)(C4CC4)OC3)C[C@@H]2C)ccc1F.C[C@H]1CN([C@@H]2CC[C@@](C(=O)N3COc4c(cc(C(F)(F)F)cc4C(F)(F)F)C3)(C3CC3)OC2)CC[C@@H]1c1ccc(F)c(C(=O)O)c1.NCc1cc(C(F)(F)F)cc(C(F)(F)F)c1O.[Na+].[OH-]. The molecule has 9 fully saturated rings. The molecule has 143 heavy (non-hydrogen) atoms. The van der Waals surface area contributed by atoms with Gasteiger partial charge in [-0.15, -0.1) is 0 Å². The number of carboxylic acid groups (broad SMARTS) is 2. The first-order valence-corrected chi connectivity index (χ1v) is 46.0. The molecule has 23 nitrogen and oxygen atoms in total. The van der Waals surface area contributed by atoms with Crippen LogP contribution in [-0.4, -0.2) is 203 Å². The molecule has 12 atom stereocenters. The number of piperidine rings is 3. The predicted molar refractivity (Wildman–Crippen MR) is 464 cm³/mol. The molecular weight excluding hydrogens is 1960 g/mol. The number of rotatable bonds is 16. The van der Waals surface area contributed by atoms with E-state index in [1.165, 1.54) is 38.5 Å². The zero-order chi connectivity index (χ0) is 102. The van der Waals surface area contributed by atoms with Crippen LogP contribution in [0.25, 0.3) is 0 Å². The van der Waals surface area contributed by atoms with Crippen LogP contribution in [0, 0.1) is 53.0 Å². The van der Waals surface area contributed by atoms with E-state index in [2.05, 4.69) is 28.5 Å². The number of benzene rings is 6. The first-order valence-electron chi connectivity index (χ1n) is 46.0. The maximum Gasteiger partial charge on any atom is 1.00 e. The molecule has 0 bridgehead atoms.